The maximum absolute atomic E-state index is 4.49. The molecule has 0 saturated carbocycles. The van der Waals surface area contributed by atoms with Crippen molar-refractivity contribution in [3.63, 3.8) is 0 Å². The molecule has 0 N–H and O–H groups in total. The van der Waals surface area contributed by atoms with Gasteiger partial charge < -0.3 is 0 Å². The Bertz CT molecular complexity index is 345. The van der Waals surface area contributed by atoms with Crippen LogP contribution < -0.4 is 0 Å². The van der Waals surface area contributed by atoms with Gasteiger partial charge in [0.25, 0.3) is 6.17 Å². The number of nitrogens with zero attached hydrogens (tertiary/aromatic N) is 3. The molecule has 2 aliphatic rings. The summed E-state index contributed by atoms with van der Waals surface area (Å²) in [5, 5.41) is 4.42. The molecule has 0 spiro atoms. The van der Waals surface area contributed by atoms with E-state index in [2.05, 4.69) is 43.0 Å². The number of fused-ring (bicyclic) bond motifs is 1. The highest BCUT2D eigenvalue weighted by Gasteiger charge is 2.29. The zero-order valence-corrected chi connectivity index (χ0v) is 8.23. The van der Waals surface area contributed by atoms with E-state index >= 15 is 0 Å². The van der Waals surface area contributed by atoms with Crippen LogP contribution in [0, 0.1) is 5.92 Å². The summed E-state index contributed by atoms with van der Waals surface area (Å²) in [5.41, 5.74) is 1.22. The summed E-state index contributed by atoms with van der Waals surface area (Å²) in [4.78, 5) is 4.49. The molecule has 0 aromatic carbocycles. The van der Waals surface area contributed by atoms with Crippen LogP contribution in [0.2, 0.25) is 0 Å². The number of hydrogen-bond acceptors (Lipinski definition) is 2. The first-order valence-corrected chi connectivity index (χ1v) is 4.61. The summed E-state index contributed by atoms with van der Waals surface area (Å²) in [5.74, 6) is 1.35. The van der Waals surface area contributed by atoms with Crippen LogP contribution in [0.3, 0.4) is 0 Å². The second kappa shape index (κ2) is 2.91. The third kappa shape index (κ3) is 1.46. The molecule has 3 heteroatoms. The van der Waals surface area contributed by atoms with Crippen LogP contribution in [0.5, 0.6) is 0 Å². The van der Waals surface area contributed by atoms with Gasteiger partial charge in [-0.2, -0.15) is 4.99 Å². The first kappa shape index (κ1) is 8.35. The predicted molar refractivity (Wildman–Crippen MR) is 51.6 cm³/mol. The fraction of sp³-hybridized carbons (Fsp3) is 0.500. The maximum Gasteiger partial charge on any atom is 0.297 e. The van der Waals surface area contributed by atoms with Gasteiger partial charge in [-0.05, 0) is 13.0 Å². The molecule has 0 radical (unpaired) electrons. The van der Waals surface area contributed by atoms with Gasteiger partial charge in [0.1, 0.15) is 0 Å². The SMILES string of the molecule is CC1=C[N+]2=NC(C(C)C)=NC2C=C1. The summed E-state index contributed by atoms with van der Waals surface area (Å²) in [6, 6.07) is 0. The number of aliphatic imine (C=N–C) groups is 1. The normalized spacial score (nSPS) is 25.5. The molecule has 0 bridgehead atoms. The first-order chi connectivity index (χ1) is 6.16. The molecule has 1 unspecified atom stereocenters. The Morgan fingerprint density at radius 1 is 1.46 bits per heavy atom. The van der Waals surface area contributed by atoms with E-state index in [0.29, 0.717) is 5.92 Å². The average Bonchev–Trinajstić information content (AvgIpc) is 2.46. The molecule has 0 saturated heterocycles. The molecule has 2 aliphatic heterocycles. The second-order valence-electron chi connectivity index (χ2n) is 3.77. The van der Waals surface area contributed by atoms with Crippen molar-refractivity contribution in [2.45, 2.75) is 26.9 Å². The van der Waals surface area contributed by atoms with Crippen LogP contribution in [0.1, 0.15) is 20.8 Å². The lowest BCUT2D eigenvalue weighted by molar-refractivity contribution is -0.542. The van der Waals surface area contributed by atoms with Crippen LogP contribution in [-0.2, 0) is 0 Å². The van der Waals surface area contributed by atoms with Crippen molar-refractivity contribution in [3.05, 3.63) is 23.9 Å². The molecule has 0 aromatic heterocycles. The minimum absolute atomic E-state index is 0.112. The molecule has 3 nitrogen and oxygen atoms in total. The topological polar surface area (TPSA) is 27.7 Å². The van der Waals surface area contributed by atoms with Gasteiger partial charge in [-0.25, -0.2) is 0 Å². The lowest BCUT2D eigenvalue weighted by atomic mass is 10.2. The smallest absolute Gasteiger partial charge is 0.189 e. The van der Waals surface area contributed by atoms with Crippen molar-refractivity contribution in [3.8, 4) is 0 Å². The Hall–Kier alpha value is -1.25. The largest absolute Gasteiger partial charge is 0.297 e. The van der Waals surface area contributed by atoms with Gasteiger partial charge in [0.2, 0.25) is 6.20 Å². The average molecular weight is 176 g/mol. The molecule has 0 fully saturated rings. The summed E-state index contributed by atoms with van der Waals surface area (Å²) in [6.45, 7) is 6.29. The van der Waals surface area contributed by atoms with E-state index in [4.69, 9.17) is 0 Å². The van der Waals surface area contributed by atoms with E-state index in [-0.39, 0.29) is 6.17 Å². The third-order valence-corrected chi connectivity index (χ3v) is 2.14. The van der Waals surface area contributed by atoms with Gasteiger partial charge in [0.15, 0.2) is 5.84 Å². The van der Waals surface area contributed by atoms with Crippen molar-refractivity contribution < 1.29 is 4.70 Å². The maximum atomic E-state index is 4.49. The Morgan fingerprint density at radius 2 is 2.23 bits per heavy atom. The molecule has 0 aliphatic carbocycles. The lowest BCUT2D eigenvalue weighted by Crippen LogP contribution is -2.14. The number of rotatable bonds is 1. The standard InChI is InChI=1S/C10H14N3/c1-7(2)10-11-9-5-4-8(3)6-13(9)12-10/h4-7,9H,1-3H3/q+1. The van der Waals surface area contributed by atoms with E-state index in [0.717, 1.165) is 5.84 Å². The van der Waals surface area contributed by atoms with Crippen molar-refractivity contribution in [2.75, 3.05) is 0 Å². The van der Waals surface area contributed by atoms with Gasteiger partial charge in [-0.15, -0.1) is 0 Å². The highest BCUT2D eigenvalue weighted by molar-refractivity contribution is 5.84. The summed E-state index contributed by atoms with van der Waals surface area (Å²) < 4.78 is 1.92. The van der Waals surface area contributed by atoms with Gasteiger partial charge in [0.05, 0.1) is 0 Å². The fourth-order valence-corrected chi connectivity index (χ4v) is 1.39. The third-order valence-electron chi connectivity index (χ3n) is 2.14. The molecule has 2 heterocycles. The number of amidine groups is 1. The quantitative estimate of drug-likeness (QED) is 0.548. The molecular formula is C10H14N3+. The molecule has 13 heavy (non-hydrogen) atoms. The van der Waals surface area contributed by atoms with Crippen LogP contribution in [0.25, 0.3) is 0 Å². The predicted octanol–water partition coefficient (Wildman–Crippen LogP) is 2.32. The van der Waals surface area contributed by atoms with Gasteiger partial charge >= 0.3 is 0 Å². The van der Waals surface area contributed by atoms with E-state index in [1.54, 1.807) is 0 Å². The van der Waals surface area contributed by atoms with Gasteiger partial charge in [0, 0.05) is 22.7 Å². The fourth-order valence-electron chi connectivity index (χ4n) is 1.39. The van der Waals surface area contributed by atoms with Crippen molar-refractivity contribution in [1.29, 1.82) is 0 Å². The summed E-state index contributed by atoms with van der Waals surface area (Å²) >= 11 is 0. The van der Waals surface area contributed by atoms with E-state index in [1.807, 2.05) is 10.9 Å². The Kier molecular flexibility index (Phi) is 1.87. The molecule has 1 atom stereocenters. The lowest BCUT2D eigenvalue weighted by Gasteiger charge is -2.00. The molecule has 0 amide bonds. The molecule has 2 rings (SSSR count). The minimum Gasteiger partial charge on any atom is -0.189 e. The van der Waals surface area contributed by atoms with Crippen LogP contribution in [0.15, 0.2) is 34.0 Å². The summed E-state index contributed by atoms with van der Waals surface area (Å²) in [6.07, 6.45) is 6.31. The van der Waals surface area contributed by atoms with Gasteiger partial charge in [-0.3, -0.25) is 0 Å². The Balaban J connectivity index is 2.31. The number of allylic oxidation sites excluding steroid dienone is 2. The zero-order valence-electron chi connectivity index (χ0n) is 8.23. The number of hydrogen-bond donors (Lipinski definition) is 0. The zero-order chi connectivity index (χ0) is 9.42. The molecule has 68 valence electrons. The second-order valence-corrected chi connectivity index (χ2v) is 3.77. The van der Waals surface area contributed by atoms with Crippen LogP contribution >= 0.6 is 0 Å². The monoisotopic (exact) mass is 176 g/mol. The Labute approximate surface area is 78.2 Å². The van der Waals surface area contributed by atoms with E-state index in [9.17, 15) is 0 Å². The minimum atomic E-state index is 0.112. The summed E-state index contributed by atoms with van der Waals surface area (Å²) in [7, 11) is 0. The van der Waals surface area contributed by atoms with Gasteiger partial charge in [-0.1, -0.05) is 18.5 Å². The highest BCUT2D eigenvalue weighted by atomic mass is 15.4. The van der Waals surface area contributed by atoms with Crippen molar-refractivity contribution in [2.24, 2.45) is 16.0 Å². The first-order valence-electron chi connectivity index (χ1n) is 4.61. The van der Waals surface area contributed by atoms with Crippen LogP contribution in [-0.4, -0.2) is 16.7 Å². The number of azo groups is 2. The highest BCUT2D eigenvalue weighted by Crippen LogP contribution is 2.18. The van der Waals surface area contributed by atoms with E-state index in [1.165, 1.54) is 5.57 Å². The van der Waals surface area contributed by atoms with Crippen molar-refractivity contribution in [1.82, 2.24) is 0 Å². The Morgan fingerprint density at radius 3 is 2.92 bits per heavy atom. The van der Waals surface area contributed by atoms with E-state index < -0.39 is 0 Å². The van der Waals surface area contributed by atoms with Crippen molar-refractivity contribution >= 4 is 5.84 Å². The molecule has 0 aromatic rings. The van der Waals surface area contributed by atoms with Crippen LogP contribution in [0.4, 0.5) is 0 Å². The molecular weight excluding hydrogens is 162 g/mol.